The molecule has 1 aromatic heterocycles. The van der Waals surface area contributed by atoms with E-state index in [9.17, 15) is 0 Å². The number of benzene rings is 1. The first-order chi connectivity index (χ1) is 9.99. The Hall–Kier alpha value is -1.39. The first-order valence-corrected chi connectivity index (χ1v) is 8.18. The van der Waals surface area contributed by atoms with Crippen LogP contribution >= 0.6 is 11.8 Å². The second-order valence-corrected chi connectivity index (χ2v) is 6.56. The SMILES string of the molecule is CCC(N)C(Sc1nc(C)cc(C)n1)c1ccc(C)cc1. The molecule has 0 aliphatic rings. The highest BCUT2D eigenvalue weighted by Gasteiger charge is 2.21. The van der Waals surface area contributed by atoms with E-state index < -0.39 is 0 Å². The minimum absolute atomic E-state index is 0.0853. The largest absolute Gasteiger partial charge is 0.326 e. The molecule has 1 aromatic carbocycles. The summed E-state index contributed by atoms with van der Waals surface area (Å²) in [6, 6.07) is 10.7. The van der Waals surface area contributed by atoms with Gasteiger partial charge in [0.25, 0.3) is 0 Å². The van der Waals surface area contributed by atoms with E-state index in [0.29, 0.717) is 0 Å². The van der Waals surface area contributed by atoms with Gasteiger partial charge in [-0.05, 0) is 38.8 Å². The van der Waals surface area contributed by atoms with Gasteiger partial charge in [0, 0.05) is 17.4 Å². The molecule has 4 heteroatoms. The molecule has 0 amide bonds. The zero-order chi connectivity index (χ0) is 15.4. The van der Waals surface area contributed by atoms with E-state index in [1.54, 1.807) is 11.8 Å². The van der Waals surface area contributed by atoms with E-state index in [-0.39, 0.29) is 11.3 Å². The average Bonchev–Trinajstić information content (AvgIpc) is 2.44. The van der Waals surface area contributed by atoms with E-state index in [4.69, 9.17) is 5.73 Å². The molecule has 0 radical (unpaired) electrons. The van der Waals surface area contributed by atoms with Crippen molar-refractivity contribution in [3.8, 4) is 0 Å². The minimum Gasteiger partial charge on any atom is -0.326 e. The maximum atomic E-state index is 6.33. The molecule has 2 unspecified atom stereocenters. The van der Waals surface area contributed by atoms with Gasteiger partial charge in [-0.1, -0.05) is 48.5 Å². The molecule has 21 heavy (non-hydrogen) atoms. The summed E-state index contributed by atoms with van der Waals surface area (Å²) in [6.45, 7) is 8.21. The van der Waals surface area contributed by atoms with E-state index in [2.05, 4.69) is 48.1 Å². The van der Waals surface area contributed by atoms with E-state index in [1.807, 2.05) is 19.9 Å². The number of hydrogen-bond donors (Lipinski definition) is 1. The van der Waals surface area contributed by atoms with Crippen molar-refractivity contribution in [1.29, 1.82) is 0 Å². The third-order valence-electron chi connectivity index (χ3n) is 3.46. The zero-order valence-electron chi connectivity index (χ0n) is 13.1. The third kappa shape index (κ3) is 4.29. The lowest BCUT2D eigenvalue weighted by atomic mass is 10.0. The molecule has 112 valence electrons. The Morgan fingerprint density at radius 2 is 1.62 bits per heavy atom. The van der Waals surface area contributed by atoms with Crippen LogP contribution in [0.5, 0.6) is 0 Å². The Balaban J connectivity index is 2.30. The fourth-order valence-electron chi connectivity index (χ4n) is 2.23. The number of hydrogen-bond acceptors (Lipinski definition) is 4. The van der Waals surface area contributed by atoms with Crippen LogP contribution in [0.25, 0.3) is 0 Å². The first kappa shape index (κ1) is 16.0. The number of rotatable bonds is 5. The van der Waals surface area contributed by atoms with Crippen LogP contribution < -0.4 is 5.73 Å². The highest BCUT2D eigenvalue weighted by Crippen LogP contribution is 2.36. The molecule has 2 rings (SSSR count). The van der Waals surface area contributed by atoms with Gasteiger partial charge in [0.15, 0.2) is 5.16 Å². The van der Waals surface area contributed by atoms with Crippen molar-refractivity contribution in [2.75, 3.05) is 0 Å². The molecular formula is C17H23N3S. The van der Waals surface area contributed by atoms with Gasteiger partial charge in [-0.2, -0.15) is 0 Å². The quantitative estimate of drug-likeness (QED) is 0.670. The predicted molar refractivity (Wildman–Crippen MR) is 89.5 cm³/mol. The molecule has 0 fully saturated rings. The van der Waals surface area contributed by atoms with E-state index in [1.165, 1.54) is 11.1 Å². The normalized spacial score (nSPS) is 14.0. The van der Waals surface area contributed by atoms with Crippen molar-refractivity contribution in [2.45, 2.75) is 50.6 Å². The van der Waals surface area contributed by atoms with Crippen LogP contribution in [0, 0.1) is 20.8 Å². The summed E-state index contributed by atoms with van der Waals surface area (Å²) in [6.07, 6.45) is 0.927. The summed E-state index contributed by atoms with van der Waals surface area (Å²) in [4.78, 5) is 9.06. The number of aromatic nitrogens is 2. The second kappa shape index (κ2) is 7.05. The number of nitrogens with two attached hydrogens (primary N) is 1. The number of nitrogens with zero attached hydrogens (tertiary/aromatic N) is 2. The first-order valence-electron chi connectivity index (χ1n) is 7.30. The molecule has 2 aromatic rings. The fourth-order valence-corrected chi connectivity index (χ4v) is 3.51. The molecule has 2 N–H and O–H groups in total. The lowest BCUT2D eigenvalue weighted by molar-refractivity contribution is 0.632. The van der Waals surface area contributed by atoms with Gasteiger partial charge in [-0.15, -0.1) is 0 Å². The molecule has 0 aliphatic heterocycles. The summed E-state index contributed by atoms with van der Waals surface area (Å²) in [5, 5.41) is 0.985. The zero-order valence-corrected chi connectivity index (χ0v) is 13.9. The Bertz CT molecular complexity index is 575. The lowest BCUT2D eigenvalue weighted by Crippen LogP contribution is -2.25. The summed E-state index contributed by atoms with van der Waals surface area (Å²) >= 11 is 1.66. The molecule has 0 saturated heterocycles. The van der Waals surface area contributed by atoms with Crippen LogP contribution in [0.15, 0.2) is 35.5 Å². The van der Waals surface area contributed by atoms with Crippen molar-refractivity contribution < 1.29 is 0 Å². The Labute approximate surface area is 131 Å². The highest BCUT2D eigenvalue weighted by molar-refractivity contribution is 7.99. The van der Waals surface area contributed by atoms with Gasteiger partial charge in [0.05, 0.1) is 5.25 Å². The summed E-state index contributed by atoms with van der Waals surface area (Å²) in [7, 11) is 0. The number of aryl methyl sites for hydroxylation is 3. The standard InChI is InChI=1S/C17H23N3S/c1-5-15(18)16(14-8-6-11(2)7-9-14)21-17-19-12(3)10-13(4)20-17/h6-10,15-16H,5,18H2,1-4H3. The molecule has 2 atom stereocenters. The van der Waals surface area contributed by atoms with Crippen molar-refractivity contribution in [1.82, 2.24) is 9.97 Å². The highest BCUT2D eigenvalue weighted by atomic mass is 32.2. The van der Waals surface area contributed by atoms with Crippen molar-refractivity contribution in [3.05, 3.63) is 52.8 Å². The molecule has 0 bridgehead atoms. The molecule has 0 saturated carbocycles. The van der Waals surface area contributed by atoms with E-state index in [0.717, 1.165) is 23.0 Å². The maximum absolute atomic E-state index is 6.33. The topological polar surface area (TPSA) is 51.8 Å². The van der Waals surface area contributed by atoms with Crippen LogP contribution in [-0.4, -0.2) is 16.0 Å². The molecule has 0 aliphatic carbocycles. The Morgan fingerprint density at radius 3 is 2.14 bits per heavy atom. The van der Waals surface area contributed by atoms with Crippen molar-refractivity contribution in [3.63, 3.8) is 0 Å². The predicted octanol–water partition coefficient (Wildman–Crippen LogP) is 3.97. The monoisotopic (exact) mass is 301 g/mol. The molecule has 3 nitrogen and oxygen atoms in total. The minimum atomic E-state index is 0.0853. The lowest BCUT2D eigenvalue weighted by Gasteiger charge is -2.22. The third-order valence-corrected chi connectivity index (χ3v) is 4.73. The van der Waals surface area contributed by atoms with Crippen LogP contribution in [0.4, 0.5) is 0 Å². The van der Waals surface area contributed by atoms with Gasteiger partial charge in [0.2, 0.25) is 0 Å². The second-order valence-electron chi connectivity index (χ2n) is 5.45. The van der Waals surface area contributed by atoms with Gasteiger partial charge >= 0.3 is 0 Å². The summed E-state index contributed by atoms with van der Waals surface area (Å²) < 4.78 is 0. The smallest absolute Gasteiger partial charge is 0.188 e. The van der Waals surface area contributed by atoms with Gasteiger partial charge in [-0.25, -0.2) is 9.97 Å². The number of thioether (sulfide) groups is 1. The fraction of sp³-hybridized carbons (Fsp3) is 0.412. The van der Waals surface area contributed by atoms with Gasteiger partial charge in [0.1, 0.15) is 0 Å². The van der Waals surface area contributed by atoms with Crippen LogP contribution in [-0.2, 0) is 0 Å². The maximum Gasteiger partial charge on any atom is 0.188 e. The van der Waals surface area contributed by atoms with Crippen LogP contribution in [0.3, 0.4) is 0 Å². The average molecular weight is 301 g/mol. The Morgan fingerprint density at radius 1 is 1.05 bits per heavy atom. The van der Waals surface area contributed by atoms with Crippen LogP contribution in [0.2, 0.25) is 0 Å². The molecule has 0 spiro atoms. The van der Waals surface area contributed by atoms with Crippen LogP contribution in [0.1, 0.15) is 41.1 Å². The van der Waals surface area contributed by atoms with Gasteiger partial charge < -0.3 is 5.73 Å². The molecular weight excluding hydrogens is 278 g/mol. The molecule has 1 heterocycles. The van der Waals surface area contributed by atoms with E-state index >= 15 is 0 Å². The van der Waals surface area contributed by atoms with Gasteiger partial charge in [-0.3, -0.25) is 0 Å². The Kier molecular flexibility index (Phi) is 5.37. The summed E-state index contributed by atoms with van der Waals surface area (Å²) in [5.41, 5.74) is 10.8. The van der Waals surface area contributed by atoms with Crippen molar-refractivity contribution >= 4 is 11.8 Å². The van der Waals surface area contributed by atoms with Crippen molar-refractivity contribution in [2.24, 2.45) is 5.73 Å². The summed E-state index contributed by atoms with van der Waals surface area (Å²) in [5.74, 6) is 0.